The third-order valence-electron chi connectivity index (χ3n) is 5.14. The Hall–Kier alpha value is -2.69. The largest absolute Gasteiger partial charge is 0.496 e. The molecule has 1 amide bonds. The van der Waals surface area contributed by atoms with E-state index >= 15 is 0 Å². The maximum absolute atomic E-state index is 12.9. The molecule has 1 aliphatic heterocycles. The van der Waals surface area contributed by atoms with Crippen LogP contribution in [0, 0.1) is 0 Å². The molecule has 1 aliphatic carbocycles. The molecule has 4 rings (SSSR count). The first-order valence-corrected chi connectivity index (χ1v) is 8.98. The van der Waals surface area contributed by atoms with Gasteiger partial charge in [0.2, 0.25) is 0 Å². The van der Waals surface area contributed by atoms with E-state index in [4.69, 9.17) is 14.2 Å². The summed E-state index contributed by atoms with van der Waals surface area (Å²) in [6.07, 6.45) is 3.24. The Labute approximate surface area is 153 Å². The molecule has 26 heavy (non-hydrogen) atoms. The number of benzene rings is 2. The molecule has 2 aromatic rings. The number of carbonyl (C=O) groups is 1. The summed E-state index contributed by atoms with van der Waals surface area (Å²) < 4.78 is 16.7. The third kappa shape index (κ3) is 2.98. The average molecular weight is 353 g/mol. The molecular formula is C21H23NO4. The van der Waals surface area contributed by atoms with E-state index < -0.39 is 0 Å². The maximum Gasteiger partial charge on any atom is 0.257 e. The van der Waals surface area contributed by atoms with Crippen molar-refractivity contribution in [1.82, 2.24) is 4.90 Å². The second kappa shape index (κ2) is 6.90. The van der Waals surface area contributed by atoms with E-state index in [-0.39, 0.29) is 12.0 Å². The highest BCUT2D eigenvalue weighted by Crippen LogP contribution is 2.33. The van der Waals surface area contributed by atoms with Crippen molar-refractivity contribution in [2.75, 3.05) is 27.3 Å². The minimum Gasteiger partial charge on any atom is -0.496 e. The van der Waals surface area contributed by atoms with Crippen molar-refractivity contribution < 1.29 is 19.0 Å². The SMILES string of the molecule is COc1ccccc1OC1CN(C(=O)c2cc3c(cc2OC)CCC3)C1. The fourth-order valence-corrected chi connectivity index (χ4v) is 3.68. The van der Waals surface area contributed by atoms with Crippen molar-refractivity contribution >= 4 is 5.91 Å². The van der Waals surface area contributed by atoms with Gasteiger partial charge < -0.3 is 19.1 Å². The van der Waals surface area contributed by atoms with E-state index in [1.807, 2.05) is 36.4 Å². The molecule has 1 saturated heterocycles. The first kappa shape index (κ1) is 16.8. The second-order valence-electron chi connectivity index (χ2n) is 6.78. The van der Waals surface area contributed by atoms with Crippen LogP contribution in [0.3, 0.4) is 0 Å². The van der Waals surface area contributed by atoms with Crippen molar-refractivity contribution in [3.8, 4) is 17.2 Å². The minimum atomic E-state index is -0.0179. The van der Waals surface area contributed by atoms with E-state index in [0.717, 1.165) is 19.3 Å². The van der Waals surface area contributed by atoms with Crippen LogP contribution >= 0.6 is 0 Å². The number of ether oxygens (including phenoxy) is 3. The number of hydrogen-bond acceptors (Lipinski definition) is 4. The van der Waals surface area contributed by atoms with Crippen LogP contribution in [0.2, 0.25) is 0 Å². The van der Waals surface area contributed by atoms with Gasteiger partial charge in [-0.25, -0.2) is 0 Å². The van der Waals surface area contributed by atoms with Crippen molar-refractivity contribution in [3.63, 3.8) is 0 Å². The molecule has 0 unspecified atom stereocenters. The highest BCUT2D eigenvalue weighted by molar-refractivity contribution is 5.98. The summed E-state index contributed by atoms with van der Waals surface area (Å²) in [6, 6.07) is 11.6. The molecule has 0 saturated carbocycles. The summed E-state index contributed by atoms with van der Waals surface area (Å²) >= 11 is 0. The third-order valence-corrected chi connectivity index (χ3v) is 5.14. The van der Waals surface area contributed by atoms with Crippen LogP contribution in [-0.4, -0.2) is 44.2 Å². The van der Waals surface area contributed by atoms with Gasteiger partial charge in [-0.3, -0.25) is 4.79 Å². The molecule has 2 aromatic carbocycles. The van der Waals surface area contributed by atoms with Gasteiger partial charge in [0.05, 0.1) is 32.9 Å². The van der Waals surface area contributed by atoms with Crippen molar-refractivity contribution in [2.24, 2.45) is 0 Å². The molecule has 1 heterocycles. The zero-order valence-corrected chi connectivity index (χ0v) is 15.2. The molecule has 0 bridgehead atoms. The predicted molar refractivity (Wildman–Crippen MR) is 98.3 cm³/mol. The fourth-order valence-electron chi connectivity index (χ4n) is 3.68. The Morgan fingerprint density at radius 2 is 1.62 bits per heavy atom. The van der Waals surface area contributed by atoms with Gasteiger partial charge >= 0.3 is 0 Å². The molecule has 2 aliphatic rings. The first-order chi connectivity index (χ1) is 12.7. The molecule has 0 aromatic heterocycles. The number of nitrogens with zero attached hydrogens (tertiary/aromatic N) is 1. The Balaban J connectivity index is 1.44. The van der Waals surface area contributed by atoms with Crippen LogP contribution in [-0.2, 0) is 12.8 Å². The molecule has 0 radical (unpaired) electrons. The summed E-state index contributed by atoms with van der Waals surface area (Å²) in [5.41, 5.74) is 3.24. The van der Waals surface area contributed by atoms with Gasteiger partial charge in [-0.1, -0.05) is 12.1 Å². The van der Waals surface area contributed by atoms with Crippen LogP contribution in [0.15, 0.2) is 36.4 Å². The second-order valence-corrected chi connectivity index (χ2v) is 6.78. The van der Waals surface area contributed by atoms with Crippen LogP contribution in [0.4, 0.5) is 0 Å². The summed E-state index contributed by atoms with van der Waals surface area (Å²) in [5, 5.41) is 0. The summed E-state index contributed by atoms with van der Waals surface area (Å²) in [5.74, 6) is 2.10. The normalized spacial score (nSPS) is 16.0. The Bertz CT molecular complexity index is 827. The molecular weight excluding hydrogens is 330 g/mol. The lowest BCUT2D eigenvalue weighted by Crippen LogP contribution is -2.56. The number of likely N-dealkylation sites (tertiary alicyclic amines) is 1. The minimum absolute atomic E-state index is 0.0106. The van der Waals surface area contributed by atoms with Crippen LogP contribution < -0.4 is 14.2 Å². The van der Waals surface area contributed by atoms with Gasteiger partial charge in [0.15, 0.2) is 11.5 Å². The smallest absolute Gasteiger partial charge is 0.257 e. The van der Waals surface area contributed by atoms with E-state index in [9.17, 15) is 4.79 Å². The summed E-state index contributed by atoms with van der Waals surface area (Å²) in [7, 11) is 3.25. The molecule has 0 N–H and O–H groups in total. The molecule has 0 spiro atoms. The lowest BCUT2D eigenvalue weighted by molar-refractivity contribution is 0.0166. The quantitative estimate of drug-likeness (QED) is 0.829. The standard InChI is InChI=1S/C21H23NO4/c1-24-18-8-3-4-9-19(18)26-16-12-22(13-16)21(23)17-10-14-6-5-7-15(14)11-20(17)25-2/h3-4,8-11,16H,5-7,12-13H2,1-2H3. The Morgan fingerprint density at radius 3 is 2.31 bits per heavy atom. The van der Waals surface area contributed by atoms with Gasteiger partial charge in [0.25, 0.3) is 5.91 Å². The number of amides is 1. The lowest BCUT2D eigenvalue weighted by atomic mass is 10.0. The van der Waals surface area contributed by atoms with E-state index in [0.29, 0.717) is 35.9 Å². The number of hydrogen-bond donors (Lipinski definition) is 0. The van der Waals surface area contributed by atoms with Gasteiger partial charge in [0, 0.05) is 0 Å². The Morgan fingerprint density at radius 1 is 0.962 bits per heavy atom. The molecule has 5 nitrogen and oxygen atoms in total. The molecule has 1 fully saturated rings. The zero-order valence-electron chi connectivity index (χ0n) is 15.2. The highest BCUT2D eigenvalue weighted by Gasteiger charge is 2.35. The lowest BCUT2D eigenvalue weighted by Gasteiger charge is -2.39. The van der Waals surface area contributed by atoms with Crippen LogP contribution in [0.25, 0.3) is 0 Å². The molecule has 5 heteroatoms. The van der Waals surface area contributed by atoms with Gasteiger partial charge in [0.1, 0.15) is 11.9 Å². The number of rotatable bonds is 5. The number of carbonyl (C=O) groups excluding carboxylic acids is 1. The highest BCUT2D eigenvalue weighted by atomic mass is 16.5. The summed E-state index contributed by atoms with van der Waals surface area (Å²) in [4.78, 5) is 14.7. The summed E-state index contributed by atoms with van der Waals surface area (Å²) in [6.45, 7) is 1.13. The van der Waals surface area contributed by atoms with Gasteiger partial charge in [-0.2, -0.15) is 0 Å². The van der Waals surface area contributed by atoms with Gasteiger partial charge in [-0.05, 0) is 54.7 Å². The number of aryl methyl sites for hydroxylation is 2. The van der Waals surface area contributed by atoms with Crippen LogP contribution in [0.5, 0.6) is 17.2 Å². The fraction of sp³-hybridized carbons (Fsp3) is 0.381. The number of para-hydroxylation sites is 2. The van der Waals surface area contributed by atoms with Crippen molar-refractivity contribution in [3.05, 3.63) is 53.1 Å². The van der Waals surface area contributed by atoms with Crippen molar-refractivity contribution in [2.45, 2.75) is 25.4 Å². The molecule has 0 atom stereocenters. The first-order valence-electron chi connectivity index (χ1n) is 8.98. The van der Waals surface area contributed by atoms with E-state index in [2.05, 4.69) is 0 Å². The monoisotopic (exact) mass is 353 g/mol. The predicted octanol–water partition coefficient (Wildman–Crippen LogP) is 3.10. The van der Waals surface area contributed by atoms with Crippen LogP contribution in [0.1, 0.15) is 27.9 Å². The van der Waals surface area contributed by atoms with Gasteiger partial charge in [-0.15, -0.1) is 0 Å². The van der Waals surface area contributed by atoms with Crippen molar-refractivity contribution in [1.29, 1.82) is 0 Å². The number of methoxy groups -OCH3 is 2. The average Bonchev–Trinajstić information content (AvgIpc) is 3.10. The van der Waals surface area contributed by atoms with E-state index in [1.165, 1.54) is 11.1 Å². The molecule has 136 valence electrons. The number of fused-ring (bicyclic) bond motifs is 1. The Kier molecular flexibility index (Phi) is 4.45. The zero-order chi connectivity index (χ0) is 18.1. The topological polar surface area (TPSA) is 48.0 Å². The maximum atomic E-state index is 12.9. The van der Waals surface area contributed by atoms with E-state index in [1.54, 1.807) is 19.1 Å².